The van der Waals surface area contributed by atoms with Crippen LogP contribution in [-0.4, -0.2) is 60.6 Å². The Morgan fingerprint density at radius 3 is 2.54 bits per heavy atom. The maximum atomic E-state index is 12.9. The van der Waals surface area contributed by atoms with Gasteiger partial charge in [0.15, 0.2) is 5.76 Å². The van der Waals surface area contributed by atoms with E-state index < -0.39 is 0 Å². The lowest BCUT2D eigenvalue weighted by Crippen LogP contribution is -2.45. The molecule has 1 atom stereocenters. The van der Waals surface area contributed by atoms with E-state index in [1.54, 1.807) is 18.4 Å². The van der Waals surface area contributed by atoms with E-state index in [0.717, 1.165) is 32.0 Å². The third-order valence-corrected chi connectivity index (χ3v) is 6.44. The molecule has 0 bridgehead atoms. The van der Waals surface area contributed by atoms with Crippen LogP contribution in [-0.2, 0) is 4.74 Å². The Kier molecular flexibility index (Phi) is 5.95. The number of rotatable bonds is 6. The Hall–Kier alpha value is -1.33. The number of ether oxygens (including phenoxy) is 1. The molecule has 2 aliphatic heterocycles. The first-order chi connectivity index (χ1) is 12.8. The van der Waals surface area contributed by atoms with E-state index in [1.165, 1.54) is 51.6 Å². The van der Waals surface area contributed by atoms with Gasteiger partial charge >= 0.3 is 0 Å². The van der Waals surface area contributed by atoms with Crippen molar-refractivity contribution in [1.29, 1.82) is 0 Å². The van der Waals surface area contributed by atoms with Crippen LogP contribution in [0.2, 0.25) is 0 Å². The summed E-state index contributed by atoms with van der Waals surface area (Å²) in [7, 11) is 0. The first-order valence-corrected chi connectivity index (χ1v) is 10.5. The van der Waals surface area contributed by atoms with Gasteiger partial charge < -0.3 is 19.0 Å². The number of furan rings is 1. The Bertz CT molecular complexity index is 554. The van der Waals surface area contributed by atoms with Crippen LogP contribution in [0.4, 0.5) is 0 Å². The summed E-state index contributed by atoms with van der Waals surface area (Å²) >= 11 is 0. The van der Waals surface area contributed by atoms with Crippen molar-refractivity contribution in [1.82, 2.24) is 9.80 Å². The fraction of sp³-hybridized carbons (Fsp3) is 0.762. The molecule has 0 N–H and O–H groups in total. The highest BCUT2D eigenvalue weighted by atomic mass is 16.5. The molecule has 4 rings (SSSR count). The predicted molar refractivity (Wildman–Crippen MR) is 100 cm³/mol. The lowest BCUT2D eigenvalue weighted by molar-refractivity contribution is 0.0408. The molecule has 5 heteroatoms. The Morgan fingerprint density at radius 2 is 1.88 bits per heavy atom. The SMILES string of the molecule is O=C(c1ccco1)N(CC1CCN(C2CCCC2)CC1)C[C@@H]1CCCO1. The second-order valence-electron chi connectivity index (χ2n) is 8.24. The summed E-state index contributed by atoms with van der Waals surface area (Å²) in [5.74, 6) is 1.06. The Morgan fingerprint density at radius 1 is 1.08 bits per heavy atom. The summed E-state index contributed by atoms with van der Waals surface area (Å²) in [5.41, 5.74) is 0. The minimum Gasteiger partial charge on any atom is -0.459 e. The van der Waals surface area contributed by atoms with E-state index in [2.05, 4.69) is 4.90 Å². The standard InChI is InChI=1S/C21H32N2O3/c24-21(20-8-4-14-26-20)23(16-19-7-3-13-25-19)15-17-9-11-22(12-10-17)18-5-1-2-6-18/h4,8,14,17-19H,1-3,5-7,9-13,15-16H2/t19-/m0/s1. The molecule has 144 valence electrons. The molecule has 26 heavy (non-hydrogen) atoms. The number of nitrogens with zero attached hydrogens (tertiary/aromatic N) is 2. The highest BCUT2D eigenvalue weighted by Gasteiger charge is 2.31. The summed E-state index contributed by atoms with van der Waals surface area (Å²) in [6, 6.07) is 4.38. The predicted octanol–water partition coefficient (Wildman–Crippen LogP) is 3.56. The van der Waals surface area contributed by atoms with Crippen molar-refractivity contribution in [2.75, 3.05) is 32.8 Å². The van der Waals surface area contributed by atoms with Crippen molar-refractivity contribution >= 4 is 5.91 Å². The molecule has 1 amide bonds. The van der Waals surface area contributed by atoms with Gasteiger partial charge in [-0.15, -0.1) is 0 Å². The van der Waals surface area contributed by atoms with Gasteiger partial charge in [0, 0.05) is 25.7 Å². The van der Waals surface area contributed by atoms with Gasteiger partial charge in [-0.1, -0.05) is 12.8 Å². The van der Waals surface area contributed by atoms with Crippen molar-refractivity contribution in [3.8, 4) is 0 Å². The fourth-order valence-corrected chi connectivity index (χ4v) is 4.91. The van der Waals surface area contributed by atoms with Gasteiger partial charge in [-0.25, -0.2) is 0 Å². The van der Waals surface area contributed by atoms with Crippen LogP contribution in [0, 0.1) is 5.92 Å². The molecular weight excluding hydrogens is 328 g/mol. The monoisotopic (exact) mass is 360 g/mol. The molecule has 1 aliphatic carbocycles. The second kappa shape index (κ2) is 8.57. The highest BCUT2D eigenvalue weighted by molar-refractivity contribution is 5.91. The third-order valence-electron chi connectivity index (χ3n) is 6.44. The van der Waals surface area contributed by atoms with Crippen LogP contribution in [0.1, 0.15) is 61.9 Å². The minimum absolute atomic E-state index is 0.0173. The normalized spacial score (nSPS) is 25.8. The van der Waals surface area contributed by atoms with Gasteiger partial charge in [-0.2, -0.15) is 0 Å². The van der Waals surface area contributed by atoms with Crippen LogP contribution in [0.3, 0.4) is 0 Å². The molecular formula is C21H32N2O3. The lowest BCUT2D eigenvalue weighted by Gasteiger charge is -2.38. The first-order valence-electron chi connectivity index (χ1n) is 10.5. The number of carbonyl (C=O) groups is 1. The van der Waals surface area contributed by atoms with E-state index in [4.69, 9.17) is 9.15 Å². The molecule has 3 heterocycles. The number of amides is 1. The van der Waals surface area contributed by atoms with E-state index in [9.17, 15) is 4.79 Å². The Labute approximate surface area is 156 Å². The van der Waals surface area contributed by atoms with Gasteiger partial charge in [-0.3, -0.25) is 4.79 Å². The highest BCUT2D eigenvalue weighted by Crippen LogP contribution is 2.28. The lowest BCUT2D eigenvalue weighted by atomic mass is 9.94. The number of hydrogen-bond acceptors (Lipinski definition) is 4. The molecule has 3 fully saturated rings. The number of piperidine rings is 1. The topological polar surface area (TPSA) is 45.9 Å². The number of carbonyl (C=O) groups excluding carboxylic acids is 1. The summed E-state index contributed by atoms with van der Waals surface area (Å²) < 4.78 is 11.2. The fourth-order valence-electron chi connectivity index (χ4n) is 4.91. The van der Waals surface area contributed by atoms with Crippen LogP contribution < -0.4 is 0 Å². The second-order valence-corrected chi connectivity index (χ2v) is 8.24. The van der Waals surface area contributed by atoms with Gasteiger partial charge in [0.2, 0.25) is 0 Å². The molecule has 0 spiro atoms. The van der Waals surface area contributed by atoms with E-state index >= 15 is 0 Å². The molecule has 3 aliphatic rings. The van der Waals surface area contributed by atoms with Crippen molar-refractivity contribution < 1.29 is 13.9 Å². The zero-order chi connectivity index (χ0) is 17.8. The van der Waals surface area contributed by atoms with Crippen LogP contribution in [0.5, 0.6) is 0 Å². The molecule has 1 aromatic rings. The molecule has 0 unspecified atom stereocenters. The summed E-state index contributed by atoms with van der Waals surface area (Å²) in [5, 5.41) is 0. The number of hydrogen-bond donors (Lipinski definition) is 0. The van der Waals surface area contributed by atoms with E-state index in [-0.39, 0.29) is 12.0 Å². The zero-order valence-corrected chi connectivity index (χ0v) is 15.8. The quantitative estimate of drug-likeness (QED) is 0.778. The van der Waals surface area contributed by atoms with Crippen LogP contribution in [0.15, 0.2) is 22.8 Å². The average molecular weight is 360 g/mol. The summed E-state index contributed by atoms with van der Waals surface area (Å²) in [4.78, 5) is 17.6. The van der Waals surface area contributed by atoms with Gasteiger partial charge in [0.05, 0.1) is 12.4 Å². The van der Waals surface area contributed by atoms with E-state index in [1.807, 2.05) is 4.90 Å². The van der Waals surface area contributed by atoms with Crippen molar-refractivity contribution in [2.24, 2.45) is 5.92 Å². The van der Waals surface area contributed by atoms with Crippen LogP contribution >= 0.6 is 0 Å². The van der Waals surface area contributed by atoms with Crippen molar-refractivity contribution in [2.45, 2.75) is 63.5 Å². The summed E-state index contributed by atoms with van der Waals surface area (Å²) in [6.45, 7) is 4.74. The molecule has 1 saturated carbocycles. The summed E-state index contributed by atoms with van der Waals surface area (Å²) in [6.07, 6.45) is 11.9. The first kappa shape index (κ1) is 18.1. The maximum Gasteiger partial charge on any atom is 0.289 e. The van der Waals surface area contributed by atoms with Gasteiger partial charge in [0.1, 0.15) is 0 Å². The number of likely N-dealkylation sites (tertiary alicyclic amines) is 1. The van der Waals surface area contributed by atoms with Crippen LogP contribution in [0.25, 0.3) is 0 Å². The van der Waals surface area contributed by atoms with Gasteiger partial charge in [-0.05, 0) is 69.7 Å². The molecule has 0 radical (unpaired) electrons. The average Bonchev–Trinajstić information content (AvgIpc) is 3.44. The van der Waals surface area contributed by atoms with Crippen molar-refractivity contribution in [3.63, 3.8) is 0 Å². The van der Waals surface area contributed by atoms with Gasteiger partial charge in [0.25, 0.3) is 5.91 Å². The molecule has 1 aromatic heterocycles. The molecule has 0 aromatic carbocycles. The van der Waals surface area contributed by atoms with Crippen molar-refractivity contribution in [3.05, 3.63) is 24.2 Å². The molecule has 5 nitrogen and oxygen atoms in total. The zero-order valence-electron chi connectivity index (χ0n) is 15.8. The largest absolute Gasteiger partial charge is 0.459 e. The Balaban J connectivity index is 1.34. The minimum atomic E-state index is 0.0173. The smallest absolute Gasteiger partial charge is 0.289 e. The maximum absolute atomic E-state index is 12.9. The third kappa shape index (κ3) is 4.32. The van der Waals surface area contributed by atoms with E-state index in [0.29, 0.717) is 18.2 Å². The molecule has 2 saturated heterocycles.